The van der Waals surface area contributed by atoms with Crippen LogP contribution in [0.25, 0.3) is 0 Å². The average molecular weight is 425 g/mol. The van der Waals surface area contributed by atoms with E-state index in [-0.39, 0.29) is 10.0 Å². The number of ether oxygens (including phenoxy) is 2. The lowest BCUT2D eigenvalue weighted by atomic mass is 10.0. The SMILES string of the molecule is CC(C)(C)OC(=O)c1cc(C(F)(F)F)c(C(=O)OC(C)(C)C)cc1Br. The van der Waals surface area contributed by atoms with Gasteiger partial charge in [0, 0.05) is 4.47 Å². The summed E-state index contributed by atoms with van der Waals surface area (Å²) in [5, 5.41) is 0. The van der Waals surface area contributed by atoms with Crippen molar-refractivity contribution in [2.45, 2.75) is 58.9 Å². The van der Waals surface area contributed by atoms with Crippen molar-refractivity contribution in [1.29, 1.82) is 0 Å². The summed E-state index contributed by atoms with van der Waals surface area (Å²) in [6.07, 6.45) is -4.84. The summed E-state index contributed by atoms with van der Waals surface area (Å²) < 4.78 is 50.3. The second kappa shape index (κ2) is 6.97. The molecule has 4 nitrogen and oxygen atoms in total. The molecule has 0 atom stereocenters. The predicted molar refractivity (Wildman–Crippen MR) is 89.5 cm³/mol. The molecule has 0 aromatic heterocycles. The molecule has 0 unspecified atom stereocenters. The van der Waals surface area contributed by atoms with Crippen LogP contribution in [-0.2, 0) is 15.7 Å². The van der Waals surface area contributed by atoms with Gasteiger partial charge < -0.3 is 9.47 Å². The van der Waals surface area contributed by atoms with Gasteiger partial charge in [-0.1, -0.05) is 0 Å². The molecule has 0 aliphatic rings. The van der Waals surface area contributed by atoms with E-state index in [0.29, 0.717) is 6.07 Å². The normalized spacial score (nSPS) is 12.7. The van der Waals surface area contributed by atoms with E-state index in [4.69, 9.17) is 9.47 Å². The molecular formula is C17H20BrF3O4. The standard InChI is InChI=1S/C17H20BrF3O4/c1-15(2,3)24-13(22)9-8-12(18)10(7-11(9)17(19,20)21)14(23)25-16(4,5)6/h7-8H,1-6H3. The molecule has 0 aliphatic carbocycles. The number of hydrogen-bond donors (Lipinski definition) is 0. The summed E-state index contributed by atoms with van der Waals surface area (Å²) in [7, 11) is 0. The van der Waals surface area contributed by atoms with Crippen LogP contribution in [0.15, 0.2) is 16.6 Å². The minimum atomic E-state index is -4.84. The first-order chi connectivity index (χ1) is 11.0. The molecule has 0 saturated heterocycles. The van der Waals surface area contributed by atoms with E-state index in [1.165, 1.54) is 0 Å². The maximum absolute atomic E-state index is 13.4. The van der Waals surface area contributed by atoms with Crippen LogP contribution in [0, 0.1) is 0 Å². The van der Waals surface area contributed by atoms with Crippen molar-refractivity contribution in [3.63, 3.8) is 0 Å². The largest absolute Gasteiger partial charge is 0.456 e. The first-order valence-electron chi connectivity index (χ1n) is 7.39. The first-order valence-corrected chi connectivity index (χ1v) is 8.18. The van der Waals surface area contributed by atoms with Gasteiger partial charge in [0.15, 0.2) is 0 Å². The van der Waals surface area contributed by atoms with Gasteiger partial charge in [0.25, 0.3) is 0 Å². The Morgan fingerprint density at radius 1 is 0.840 bits per heavy atom. The van der Waals surface area contributed by atoms with Crippen LogP contribution in [0.5, 0.6) is 0 Å². The van der Waals surface area contributed by atoms with Crippen LogP contribution < -0.4 is 0 Å². The fourth-order valence-electron chi connectivity index (χ4n) is 1.80. The minimum absolute atomic E-state index is 0.00982. The third-order valence-corrected chi connectivity index (χ3v) is 3.31. The molecule has 0 N–H and O–H groups in total. The average Bonchev–Trinajstić information content (AvgIpc) is 2.32. The van der Waals surface area contributed by atoms with Gasteiger partial charge in [-0.05, 0) is 69.6 Å². The first kappa shape index (κ1) is 21.5. The molecule has 140 valence electrons. The molecule has 25 heavy (non-hydrogen) atoms. The number of esters is 2. The molecule has 8 heteroatoms. The monoisotopic (exact) mass is 424 g/mol. The van der Waals surface area contributed by atoms with Gasteiger partial charge in [-0.3, -0.25) is 0 Å². The third kappa shape index (κ3) is 6.34. The second-order valence-electron chi connectivity index (χ2n) is 7.38. The zero-order chi connectivity index (χ0) is 19.8. The Balaban J connectivity index is 3.45. The molecule has 0 spiro atoms. The van der Waals surface area contributed by atoms with Gasteiger partial charge in [-0.25, -0.2) is 9.59 Å². The molecule has 1 aromatic carbocycles. The van der Waals surface area contributed by atoms with Crippen molar-refractivity contribution in [2.24, 2.45) is 0 Å². The smallest absolute Gasteiger partial charge is 0.417 e. The highest BCUT2D eigenvalue weighted by Crippen LogP contribution is 2.36. The predicted octanol–water partition coefficient (Wildman–Crippen LogP) is 5.38. The van der Waals surface area contributed by atoms with E-state index in [9.17, 15) is 22.8 Å². The van der Waals surface area contributed by atoms with Crippen LogP contribution in [0.1, 0.15) is 67.8 Å². The van der Waals surface area contributed by atoms with Crippen molar-refractivity contribution < 1.29 is 32.2 Å². The maximum Gasteiger partial charge on any atom is 0.417 e. The molecule has 0 radical (unpaired) electrons. The Kier molecular flexibility index (Phi) is 5.99. The van der Waals surface area contributed by atoms with Gasteiger partial charge in [0.05, 0.1) is 16.7 Å². The Morgan fingerprint density at radius 2 is 1.24 bits per heavy atom. The number of hydrogen-bond acceptors (Lipinski definition) is 4. The number of rotatable bonds is 2. The fraction of sp³-hybridized carbons (Fsp3) is 0.529. The van der Waals surface area contributed by atoms with Crippen LogP contribution >= 0.6 is 15.9 Å². The minimum Gasteiger partial charge on any atom is -0.456 e. The highest BCUT2D eigenvalue weighted by molar-refractivity contribution is 9.10. The molecule has 0 amide bonds. The van der Waals surface area contributed by atoms with E-state index in [0.717, 1.165) is 6.07 Å². The van der Waals surface area contributed by atoms with E-state index < -0.39 is 40.4 Å². The second-order valence-corrected chi connectivity index (χ2v) is 8.23. The van der Waals surface area contributed by atoms with Gasteiger partial charge in [0.1, 0.15) is 11.2 Å². The lowest BCUT2D eigenvalue weighted by Crippen LogP contribution is -2.27. The van der Waals surface area contributed by atoms with Crippen LogP contribution in [0.3, 0.4) is 0 Å². The summed E-state index contributed by atoms with van der Waals surface area (Å²) in [6.45, 7) is 9.42. The lowest BCUT2D eigenvalue weighted by molar-refractivity contribution is -0.138. The van der Waals surface area contributed by atoms with Gasteiger partial charge in [-0.15, -0.1) is 0 Å². The highest BCUT2D eigenvalue weighted by atomic mass is 79.9. The molecular weight excluding hydrogens is 405 g/mol. The lowest BCUT2D eigenvalue weighted by Gasteiger charge is -2.23. The maximum atomic E-state index is 13.4. The topological polar surface area (TPSA) is 52.6 Å². The van der Waals surface area contributed by atoms with E-state index >= 15 is 0 Å². The van der Waals surface area contributed by atoms with Gasteiger partial charge in [-0.2, -0.15) is 13.2 Å². The van der Waals surface area contributed by atoms with Crippen molar-refractivity contribution in [1.82, 2.24) is 0 Å². The zero-order valence-corrected chi connectivity index (χ0v) is 16.4. The number of carbonyl (C=O) groups is 2. The zero-order valence-electron chi connectivity index (χ0n) is 14.8. The van der Waals surface area contributed by atoms with Crippen LogP contribution in [0.4, 0.5) is 13.2 Å². The van der Waals surface area contributed by atoms with E-state index in [1.807, 2.05) is 0 Å². The molecule has 0 heterocycles. The third-order valence-electron chi connectivity index (χ3n) is 2.65. The number of carbonyl (C=O) groups excluding carboxylic acids is 2. The summed E-state index contributed by atoms with van der Waals surface area (Å²) in [5.41, 5.74) is -4.10. The summed E-state index contributed by atoms with van der Waals surface area (Å²) in [4.78, 5) is 24.3. The molecule has 0 bridgehead atoms. The van der Waals surface area contributed by atoms with Crippen LogP contribution in [-0.4, -0.2) is 23.1 Å². The van der Waals surface area contributed by atoms with Crippen molar-refractivity contribution in [3.8, 4) is 0 Å². The molecule has 0 aliphatic heterocycles. The van der Waals surface area contributed by atoms with E-state index in [1.54, 1.807) is 41.5 Å². The highest BCUT2D eigenvalue weighted by Gasteiger charge is 2.38. The quantitative estimate of drug-likeness (QED) is 0.598. The van der Waals surface area contributed by atoms with Crippen molar-refractivity contribution in [3.05, 3.63) is 33.3 Å². The number of halogens is 4. The molecule has 1 aromatic rings. The molecule has 0 fully saturated rings. The summed E-state index contributed by atoms with van der Waals surface area (Å²) >= 11 is 3.03. The van der Waals surface area contributed by atoms with Crippen molar-refractivity contribution >= 4 is 27.9 Å². The van der Waals surface area contributed by atoms with Gasteiger partial charge >= 0.3 is 18.1 Å². The number of benzene rings is 1. The Morgan fingerprint density at radius 3 is 1.60 bits per heavy atom. The Bertz CT molecular complexity index is 683. The van der Waals surface area contributed by atoms with Gasteiger partial charge in [0.2, 0.25) is 0 Å². The fourth-order valence-corrected chi connectivity index (χ4v) is 2.30. The Labute approximate surface area is 152 Å². The number of alkyl halides is 3. The Hall–Kier alpha value is -1.57. The van der Waals surface area contributed by atoms with Crippen molar-refractivity contribution in [2.75, 3.05) is 0 Å². The van der Waals surface area contributed by atoms with Crippen LogP contribution in [0.2, 0.25) is 0 Å². The molecule has 0 saturated carbocycles. The summed E-state index contributed by atoms with van der Waals surface area (Å²) in [6, 6.07) is 1.52. The summed E-state index contributed by atoms with van der Waals surface area (Å²) in [5.74, 6) is -2.06. The molecule has 1 rings (SSSR count). The van der Waals surface area contributed by atoms with E-state index in [2.05, 4.69) is 15.9 Å².